The smallest absolute Gasteiger partial charge is 0.230 e. The molecule has 2 aliphatic rings. The lowest BCUT2D eigenvalue weighted by atomic mass is 9.84. The Bertz CT molecular complexity index is 602. The van der Waals surface area contributed by atoms with Gasteiger partial charge in [-0.2, -0.15) is 0 Å². The minimum atomic E-state index is -0.0849. The van der Waals surface area contributed by atoms with Gasteiger partial charge in [0.05, 0.1) is 5.92 Å². The normalized spacial score (nSPS) is 20.8. The maximum Gasteiger partial charge on any atom is 0.230 e. The van der Waals surface area contributed by atoms with Gasteiger partial charge in [0.1, 0.15) is 0 Å². The van der Waals surface area contributed by atoms with E-state index in [1.165, 1.54) is 12.8 Å². The van der Waals surface area contributed by atoms with Gasteiger partial charge >= 0.3 is 0 Å². The Morgan fingerprint density at radius 3 is 2.15 bits per heavy atom. The summed E-state index contributed by atoms with van der Waals surface area (Å²) in [5, 5.41) is 0. The van der Waals surface area contributed by atoms with Gasteiger partial charge in [-0.05, 0) is 24.3 Å². The molecule has 26 heavy (non-hydrogen) atoms. The Labute approximate surface area is 157 Å². The number of amides is 2. The molecule has 2 fully saturated rings. The van der Waals surface area contributed by atoms with Crippen molar-refractivity contribution >= 4 is 11.8 Å². The largest absolute Gasteiger partial charge is 0.339 e. The Morgan fingerprint density at radius 1 is 1.00 bits per heavy atom. The molecular formula is C22H32N2O2. The fourth-order valence-corrected chi connectivity index (χ4v) is 4.39. The highest BCUT2D eigenvalue weighted by atomic mass is 16.2. The van der Waals surface area contributed by atoms with E-state index in [4.69, 9.17) is 0 Å². The zero-order valence-corrected chi connectivity index (χ0v) is 16.2. The van der Waals surface area contributed by atoms with Gasteiger partial charge in [0.2, 0.25) is 11.8 Å². The van der Waals surface area contributed by atoms with Crippen molar-refractivity contribution in [1.82, 2.24) is 9.80 Å². The van der Waals surface area contributed by atoms with E-state index < -0.39 is 0 Å². The van der Waals surface area contributed by atoms with Crippen LogP contribution in [0.3, 0.4) is 0 Å². The van der Waals surface area contributed by atoms with Gasteiger partial charge in [-0.3, -0.25) is 9.59 Å². The van der Waals surface area contributed by atoms with Crippen LogP contribution in [0, 0.1) is 11.8 Å². The molecule has 3 rings (SSSR count). The molecular weight excluding hydrogens is 324 g/mol. The minimum Gasteiger partial charge on any atom is -0.339 e. The van der Waals surface area contributed by atoms with Crippen molar-refractivity contribution in [3.63, 3.8) is 0 Å². The predicted octanol–water partition coefficient (Wildman–Crippen LogP) is 3.68. The van der Waals surface area contributed by atoms with E-state index in [9.17, 15) is 9.59 Å². The van der Waals surface area contributed by atoms with Gasteiger partial charge in [-0.25, -0.2) is 0 Å². The zero-order valence-electron chi connectivity index (χ0n) is 16.2. The highest BCUT2D eigenvalue weighted by molar-refractivity contribution is 5.85. The zero-order chi connectivity index (χ0) is 18.5. The Morgan fingerprint density at radius 2 is 1.58 bits per heavy atom. The van der Waals surface area contributed by atoms with Crippen LogP contribution >= 0.6 is 0 Å². The number of hydrogen-bond donors (Lipinski definition) is 0. The van der Waals surface area contributed by atoms with E-state index in [0.29, 0.717) is 38.0 Å². The number of rotatable bonds is 5. The summed E-state index contributed by atoms with van der Waals surface area (Å²) in [4.78, 5) is 29.8. The maximum atomic E-state index is 13.3. The number of piperazine rings is 1. The predicted molar refractivity (Wildman–Crippen MR) is 104 cm³/mol. The average Bonchev–Trinajstić information content (AvgIpc) is 3.23. The summed E-state index contributed by atoms with van der Waals surface area (Å²) in [6.07, 6.45) is 5.43. The average molecular weight is 357 g/mol. The SMILES string of the molecule is CCC(C)C(C(=O)N1CCN(C(=O)C2CCCC2)CC1)c1ccccc1. The van der Waals surface area contributed by atoms with Crippen LogP contribution in [-0.2, 0) is 9.59 Å². The van der Waals surface area contributed by atoms with Gasteiger partial charge in [0.25, 0.3) is 0 Å². The van der Waals surface area contributed by atoms with Crippen LogP contribution in [0.1, 0.15) is 57.4 Å². The first kappa shape index (κ1) is 18.9. The third-order valence-electron chi connectivity index (χ3n) is 6.25. The summed E-state index contributed by atoms with van der Waals surface area (Å²) in [5.41, 5.74) is 1.11. The van der Waals surface area contributed by atoms with Crippen molar-refractivity contribution in [2.24, 2.45) is 11.8 Å². The van der Waals surface area contributed by atoms with Crippen molar-refractivity contribution in [2.75, 3.05) is 26.2 Å². The van der Waals surface area contributed by atoms with Gasteiger partial charge in [0.15, 0.2) is 0 Å². The van der Waals surface area contributed by atoms with Gasteiger partial charge in [0, 0.05) is 32.1 Å². The van der Waals surface area contributed by atoms with E-state index in [0.717, 1.165) is 24.8 Å². The van der Waals surface area contributed by atoms with Crippen LogP contribution in [0.5, 0.6) is 0 Å². The molecule has 0 aromatic heterocycles. The van der Waals surface area contributed by atoms with E-state index in [1.807, 2.05) is 28.0 Å². The molecule has 4 heteroatoms. The van der Waals surface area contributed by atoms with Crippen LogP contribution in [0.2, 0.25) is 0 Å². The van der Waals surface area contributed by atoms with E-state index in [1.54, 1.807) is 0 Å². The van der Waals surface area contributed by atoms with Crippen LogP contribution in [-0.4, -0.2) is 47.8 Å². The van der Waals surface area contributed by atoms with Gasteiger partial charge < -0.3 is 9.80 Å². The topological polar surface area (TPSA) is 40.6 Å². The van der Waals surface area contributed by atoms with Crippen molar-refractivity contribution in [3.8, 4) is 0 Å². The minimum absolute atomic E-state index is 0.0849. The molecule has 142 valence electrons. The third-order valence-corrected chi connectivity index (χ3v) is 6.25. The summed E-state index contributed by atoms with van der Waals surface area (Å²) in [6.45, 7) is 7.00. The number of hydrogen-bond acceptors (Lipinski definition) is 2. The third kappa shape index (κ3) is 4.11. The first-order valence-corrected chi connectivity index (χ1v) is 10.2. The van der Waals surface area contributed by atoms with Crippen LogP contribution in [0.15, 0.2) is 30.3 Å². The van der Waals surface area contributed by atoms with E-state index in [2.05, 4.69) is 26.0 Å². The molecule has 2 atom stereocenters. The maximum absolute atomic E-state index is 13.3. The molecule has 1 saturated carbocycles. The molecule has 2 amide bonds. The lowest BCUT2D eigenvalue weighted by molar-refractivity contribution is -0.143. The van der Waals surface area contributed by atoms with Crippen molar-refractivity contribution in [2.45, 2.75) is 51.9 Å². The molecule has 1 aromatic rings. The molecule has 0 bridgehead atoms. The summed E-state index contributed by atoms with van der Waals surface area (Å²) < 4.78 is 0. The summed E-state index contributed by atoms with van der Waals surface area (Å²) in [5.74, 6) is 0.991. The second-order valence-corrected chi connectivity index (χ2v) is 7.91. The first-order valence-electron chi connectivity index (χ1n) is 10.2. The summed E-state index contributed by atoms with van der Waals surface area (Å²) in [7, 11) is 0. The molecule has 0 radical (unpaired) electrons. The number of carbonyl (C=O) groups excluding carboxylic acids is 2. The molecule has 1 aliphatic carbocycles. The van der Waals surface area contributed by atoms with Gasteiger partial charge in [-0.1, -0.05) is 63.4 Å². The molecule has 1 aliphatic heterocycles. The highest BCUT2D eigenvalue weighted by Gasteiger charge is 2.34. The molecule has 0 spiro atoms. The highest BCUT2D eigenvalue weighted by Crippen LogP contribution is 2.30. The second kappa shape index (κ2) is 8.70. The Balaban J connectivity index is 1.63. The Kier molecular flexibility index (Phi) is 6.33. The molecule has 1 heterocycles. The quantitative estimate of drug-likeness (QED) is 0.807. The lowest BCUT2D eigenvalue weighted by Gasteiger charge is -2.38. The van der Waals surface area contributed by atoms with E-state index in [-0.39, 0.29) is 17.7 Å². The Hall–Kier alpha value is -1.84. The standard InChI is InChI=1S/C22H32N2O2/c1-3-17(2)20(18-9-5-4-6-10-18)22(26)24-15-13-23(14-16-24)21(25)19-11-7-8-12-19/h4-6,9-10,17,19-20H,3,7-8,11-16H2,1-2H3. The summed E-state index contributed by atoms with van der Waals surface area (Å²) in [6, 6.07) is 10.1. The lowest BCUT2D eigenvalue weighted by Crippen LogP contribution is -2.53. The monoisotopic (exact) mass is 356 g/mol. The van der Waals surface area contributed by atoms with Crippen molar-refractivity contribution in [3.05, 3.63) is 35.9 Å². The van der Waals surface area contributed by atoms with Crippen LogP contribution in [0.25, 0.3) is 0 Å². The van der Waals surface area contributed by atoms with Crippen LogP contribution < -0.4 is 0 Å². The van der Waals surface area contributed by atoms with E-state index >= 15 is 0 Å². The number of nitrogens with zero attached hydrogens (tertiary/aromatic N) is 2. The van der Waals surface area contributed by atoms with Crippen molar-refractivity contribution < 1.29 is 9.59 Å². The van der Waals surface area contributed by atoms with Gasteiger partial charge in [-0.15, -0.1) is 0 Å². The van der Waals surface area contributed by atoms with Crippen molar-refractivity contribution in [1.29, 1.82) is 0 Å². The summed E-state index contributed by atoms with van der Waals surface area (Å²) >= 11 is 0. The first-order chi connectivity index (χ1) is 12.6. The molecule has 1 aromatic carbocycles. The molecule has 2 unspecified atom stereocenters. The number of carbonyl (C=O) groups is 2. The fourth-order valence-electron chi connectivity index (χ4n) is 4.39. The van der Waals surface area contributed by atoms with Crippen LogP contribution in [0.4, 0.5) is 0 Å². The number of benzene rings is 1. The molecule has 4 nitrogen and oxygen atoms in total. The molecule has 0 N–H and O–H groups in total. The second-order valence-electron chi connectivity index (χ2n) is 7.91. The fraction of sp³-hybridized carbons (Fsp3) is 0.636. The molecule has 1 saturated heterocycles.